The van der Waals surface area contributed by atoms with Crippen molar-refractivity contribution in [3.05, 3.63) is 16.7 Å². The highest BCUT2D eigenvalue weighted by Gasteiger charge is 2.32. The summed E-state index contributed by atoms with van der Waals surface area (Å²) in [4.78, 5) is 37.4. The lowest BCUT2D eigenvalue weighted by Gasteiger charge is -2.36. The second-order valence-corrected chi connectivity index (χ2v) is 11.2. The van der Waals surface area contributed by atoms with Crippen molar-refractivity contribution in [2.75, 3.05) is 46.2 Å². The summed E-state index contributed by atoms with van der Waals surface area (Å²) >= 11 is 5.93. The van der Waals surface area contributed by atoms with Crippen LogP contribution < -0.4 is 10.9 Å². The van der Waals surface area contributed by atoms with E-state index in [9.17, 15) is 14.2 Å². The molecule has 1 amide bonds. The molecule has 0 aromatic carbocycles. The van der Waals surface area contributed by atoms with E-state index >= 15 is 0 Å². The molecule has 12 nitrogen and oxygen atoms in total. The number of aromatic nitrogens is 4. The van der Waals surface area contributed by atoms with Crippen molar-refractivity contribution < 1.29 is 18.6 Å². The predicted molar refractivity (Wildman–Crippen MR) is 116 cm³/mol. The summed E-state index contributed by atoms with van der Waals surface area (Å²) in [5.74, 6) is -0.510. The van der Waals surface area contributed by atoms with Crippen LogP contribution in [0.3, 0.4) is 0 Å². The van der Waals surface area contributed by atoms with Crippen LogP contribution in [0.2, 0.25) is 0 Å². The number of carbonyl (C=O) groups excluding carboxylic acids is 1. The third-order valence-electron chi connectivity index (χ3n) is 4.74. The number of likely N-dealkylation sites (N-methyl/N-ethyl adjacent to an activating group) is 1. The fourth-order valence-corrected chi connectivity index (χ4v) is 3.74. The van der Waals surface area contributed by atoms with Crippen molar-refractivity contribution in [2.24, 2.45) is 5.92 Å². The first-order valence-corrected chi connectivity index (χ1v) is 12.2. The van der Waals surface area contributed by atoms with Crippen LogP contribution in [-0.4, -0.2) is 81.9 Å². The van der Waals surface area contributed by atoms with E-state index < -0.39 is 24.8 Å². The number of rotatable bonds is 7. The maximum Gasteiger partial charge on any atom is 0.362 e. The number of fused-ring (bicyclic) bond motifs is 1. The summed E-state index contributed by atoms with van der Waals surface area (Å²) in [6.07, 6.45) is 0.513. The highest BCUT2D eigenvalue weighted by atomic mass is 35.7. The fraction of sp³-hybridized carbons (Fsp3) is 0.647. The summed E-state index contributed by atoms with van der Waals surface area (Å²) < 4.78 is 26.7. The minimum Gasteiger partial charge on any atom is -0.350 e. The van der Waals surface area contributed by atoms with Gasteiger partial charge in [-0.15, -0.1) is 0 Å². The molecule has 1 aliphatic heterocycles. The van der Waals surface area contributed by atoms with Gasteiger partial charge in [0.1, 0.15) is 6.23 Å². The van der Waals surface area contributed by atoms with Crippen LogP contribution >= 0.6 is 18.1 Å². The monoisotopic (exact) mass is 475 g/mol. The van der Waals surface area contributed by atoms with Crippen molar-refractivity contribution in [1.29, 1.82) is 0 Å². The van der Waals surface area contributed by atoms with Gasteiger partial charge < -0.3 is 9.26 Å². The fourth-order valence-electron chi connectivity index (χ4n) is 2.99. The zero-order chi connectivity index (χ0) is 22.9. The van der Waals surface area contributed by atoms with Crippen LogP contribution in [0, 0.1) is 5.92 Å². The number of carbonyl (C=O) groups is 1. The number of hydrogen-bond donors (Lipinski definition) is 2. The van der Waals surface area contributed by atoms with Gasteiger partial charge in [-0.1, -0.05) is 13.8 Å². The quantitative estimate of drug-likeness (QED) is 0.570. The largest absolute Gasteiger partial charge is 0.362 e. The summed E-state index contributed by atoms with van der Waals surface area (Å²) in [5.41, 5.74) is -0.0648. The van der Waals surface area contributed by atoms with E-state index in [-0.39, 0.29) is 35.5 Å². The van der Waals surface area contributed by atoms with Crippen LogP contribution in [0.15, 0.2) is 11.1 Å². The molecule has 2 N–H and O–H groups in total. The van der Waals surface area contributed by atoms with Gasteiger partial charge in [0.05, 0.1) is 19.0 Å². The first-order chi connectivity index (χ1) is 14.5. The summed E-state index contributed by atoms with van der Waals surface area (Å²) in [6.45, 7) is 1.12. The predicted octanol–water partition coefficient (Wildman–Crippen LogP) is 1.47. The second-order valence-electron chi connectivity index (χ2n) is 7.91. The summed E-state index contributed by atoms with van der Waals surface area (Å²) in [5, 5.41) is 2.59. The summed E-state index contributed by atoms with van der Waals surface area (Å²) in [6, 6.07) is 0. The number of hydrogen-bond acceptors (Lipinski definition) is 8. The Labute approximate surface area is 184 Å². The lowest BCUT2D eigenvalue weighted by molar-refractivity contribution is -0.124. The topological polar surface area (TPSA) is 135 Å². The van der Waals surface area contributed by atoms with Gasteiger partial charge >= 0.3 is 6.87 Å². The molecule has 2 aromatic heterocycles. The maximum atomic E-state index is 12.4. The van der Waals surface area contributed by atoms with Gasteiger partial charge in [-0.3, -0.25) is 33.9 Å². The molecule has 0 bridgehead atoms. The molecular formula is C17H27ClN7O5P. The molecule has 3 atom stereocenters. The van der Waals surface area contributed by atoms with E-state index in [0.29, 0.717) is 13.1 Å². The van der Waals surface area contributed by atoms with E-state index in [0.717, 1.165) is 0 Å². The second kappa shape index (κ2) is 9.35. The highest BCUT2D eigenvalue weighted by molar-refractivity contribution is 7.83. The minimum atomic E-state index is -3.41. The smallest absolute Gasteiger partial charge is 0.350 e. The molecule has 1 aliphatic rings. The Balaban J connectivity index is 1.84. The van der Waals surface area contributed by atoms with Crippen LogP contribution in [0.4, 0.5) is 5.95 Å². The Morgan fingerprint density at radius 3 is 2.84 bits per heavy atom. The standard InChI is InChI=1S/C17H27ClN7O5P/c1-10(2)15(26)21-17-20-14-13(16(27)22-17)19-9-25(14)12-7-24(5)6-11(30-12)8-29-31(18,28)23(3)4/h9-12H,6-8H2,1-5H3,(H2,20,21,22,26,27)/t11-,12+,31+/m0/s1. The molecule has 1 fully saturated rings. The number of morpholine rings is 1. The number of aromatic amines is 1. The molecule has 14 heteroatoms. The first-order valence-electron chi connectivity index (χ1n) is 9.71. The van der Waals surface area contributed by atoms with E-state index in [1.165, 1.54) is 11.0 Å². The van der Waals surface area contributed by atoms with Crippen molar-refractivity contribution in [3.63, 3.8) is 0 Å². The average Bonchev–Trinajstić information content (AvgIpc) is 3.10. The van der Waals surface area contributed by atoms with E-state index in [1.807, 2.05) is 11.9 Å². The van der Waals surface area contributed by atoms with Crippen molar-refractivity contribution in [2.45, 2.75) is 26.2 Å². The number of H-pyrrole nitrogens is 1. The van der Waals surface area contributed by atoms with Crippen LogP contribution in [0.1, 0.15) is 20.1 Å². The number of halogens is 1. The number of nitrogens with zero attached hydrogens (tertiary/aromatic N) is 5. The number of ether oxygens (including phenoxy) is 1. The normalized spacial score (nSPS) is 22.2. The van der Waals surface area contributed by atoms with E-state index in [2.05, 4.69) is 20.3 Å². The Hall–Kier alpha value is -1.82. The molecule has 3 heterocycles. The van der Waals surface area contributed by atoms with Gasteiger partial charge in [0.25, 0.3) is 5.56 Å². The molecule has 1 saturated heterocycles. The van der Waals surface area contributed by atoms with Gasteiger partial charge in [-0.25, -0.2) is 9.65 Å². The molecule has 3 rings (SSSR count). The maximum absolute atomic E-state index is 12.4. The van der Waals surface area contributed by atoms with Crippen LogP contribution in [0.25, 0.3) is 11.2 Å². The lowest BCUT2D eigenvalue weighted by atomic mass is 10.2. The van der Waals surface area contributed by atoms with E-state index in [1.54, 1.807) is 32.5 Å². The number of nitrogens with one attached hydrogen (secondary N) is 2. The van der Waals surface area contributed by atoms with Crippen molar-refractivity contribution in [1.82, 2.24) is 29.1 Å². The number of amides is 1. The van der Waals surface area contributed by atoms with Gasteiger partial charge in [-0.05, 0) is 32.4 Å². The molecule has 0 unspecified atom stereocenters. The highest BCUT2D eigenvalue weighted by Crippen LogP contribution is 2.54. The third kappa shape index (κ3) is 5.51. The lowest BCUT2D eigenvalue weighted by Crippen LogP contribution is -2.45. The van der Waals surface area contributed by atoms with Crippen LogP contribution in [0.5, 0.6) is 0 Å². The molecule has 172 valence electrons. The van der Waals surface area contributed by atoms with Gasteiger partial charge in [-0.2, -0.15) is 4.98 Å². The van der Waals surface area contributed by atoms with Gasteiger partial charge in [0, 0.05) is 19.0 Å². The molecule has 0 aliphatic carbocycles. The van der Waals surface area contributed by atoms with E-state index in [4.69, 9.17) is 20.5 Å². The Kier molecular flexibility index (Phi) is 7.19. The molecule has 31 heavy (non-hydrogen) atoms. The Bertz CT molecular complexity index is 1060. The van der Waals surface area contributed by atoms with Gasteiger partial charge in [0.2, 0.25) is 11.9 Å². The number of imidazole rings is 1. The summed E-state index contributed by atoms with van der Waals surface area (Å²) in [7, 11) is 5.05. The van der Waals surface area contributed by atoms with Gasteiger partial charge in [0.15, 0.2) is 11.2 Å². The molecule has 0 radical (unpaired) electrons. The molecular weight excluding hydrogens is 449 g/mol. The zero-order valence-corrected chi connectivity index (χ0v) is 19.7. The zero-order valence-electron chi connectivity index (χ0n) is 18.0. The van der Waals surface area contributed by atoms with Crippen molar-refractivity contribution >= 4 is 41.1 Å². The van der Waals surface area contributed by atoms with Crippen molar-refractivity contribution in [3.8, 4) is 0 Å². The first kappa shape index (κ1) is 23.8. The average molecular weight is 476 g/mol. The van der Waals surface area contributed by atoms with Crippen LogP contribution in [-0.2, 0) is 18.6 Å². The Morgan fingerprint density at radius 2 is 2.19 bits per heavy atom. The SMILES string of the molecule is CC(C)C(=O)Nc1nc2c(ncn2[C@H]2CN(C)C[C@@H](CO[P@](=O)(Cl)N(C)C)O2)c(=O)[nH]1. The number of anilines is 1. The molecule has 0 saturated carbocycles. The Morgan fingerprint density at radius 1 is 1.48 bits per heavy atom. The third-order valence-corrected chi connectivity index (χ3v) is 7.36. The molecule has 2 aromatic rings. The molecule has 0 spiro atoms. The minimum absolute atomic E-state index is 0.0239.